The van der Waals surface area contributed by atoms with Crippen molar-refractivity contribution in [3.8, 4) is 0 Å². The van der Waals surface area contributed by atoms with Crippen LogP contribution in [0.3, 0.4) is 0 Å². The van der Waals surface area contributed by atoms with Gasteiger partial charge in [0, 0.05) is 36.9 Å². The number of carboxylic acids is 1. The lowest BCUT2D eigenvalue weighted by Crippen LogP contribution is -2.48. The number of ether oxygens (including phenoxy) is 2. The van der Waals surface area contributed by atoms with Crippen LogP contribution in [-0.4, -0.2) is 71.7 Å². The van der Waals surface area contributed by atoms with E-state index in [1.807, 2.05) is 5.38 Å². The number of aromatic nitrogens is 1. The molecule has 2 atom stereocenters. The molecule has 2 aromatic rings. The molecule has 2 aliphatic heterocycles. The number of hydrogen-bond donors (Lipinski definition) is 2. The van der Waals surface area contributed by atoms with E-state index in [4.69, 9.17) is 14.5 Å². The minimum Gasteiger partial charge on any atom is -0.481 e. The third-order valence-corrected chi connectivity index (χ3v) is 8.85. The van der Waals surface area contributed by atoms with E-state index >= 15 is 0 Å². The van der Waals surface area contributed by atoms with Crippen LogP contribution in [0.1, 0.15) is 74.5 Å². The number of amidine groups is 1. The second-order valence-corrected chi connectivity index (χ2v) is 12.4. The molecule has 220 valence electrons. The number of aliphatic carboxylic acids is 1. The van der Waals surface area contributed by atoms with E-state index in [1.54, 1.807) is 39.1 Å². The summed E-state index contributed by atoms with van der Waals surface area (Å²) in [6.45, 7) is 7.32. The molecule has 0 amide bonds. The van der Waals surface area contributed by atoms with Gasteiger partial charge in [-0.05, 0) is 69.2 Å². The number of carbonyl (C=O) groups is 2. The van der Waals surface area contributed by atoms with Gasteiger partial charge in [-0.2, -0.15) is 0 Å². The molecule has 0 radical (unpaired) electrons. The van der Waals surface area contributed by atoms with Crippen LogP contribution in [0.25, 0.3) is 0 Å². The van der Waals surface area contributed by atoms with E-state index < -0.39 is 23.4 Å². The smallest absolute Gasteiger partial charge is 0.338 e. The van der Waals surface area contributed by atoms with Gasteiger partial charge >= 0.3 is 11.9 Å². The number of carboxylic acid groups (broad SMARTS) is 1. The molecule has 1 saturated carbocycles. The van der Waals surface area contributed by atoms with Gasteiger partial charge in [-0.1, -0.05) is 12.5 Å². The summed E-state index contributed by atoms with van der Waals surface area (Å²) in [5.74, 6) is -0.873. The van der Waals surface area contributed by atoms with Gasteiger partial charge in [0.05, 0.1) is 30.3 Å². The van der Waals surface area contributed by atoms with Gasteiger partial charge < -0.3 is 19.9 Å². The Balaban J connectivity index is 1.54. The summed E-state index contributed by atoms with van der Waals surface area (Å²) in [5.41, 5.74) is 1.80. The maximum Gasteiger partial charge on any atom is 0.338 e. The predicted molar refractivity (Wildman–Crippen MR) is 153 cm³/mol. The monoisotopic (exact) mass is 584 g/mol. The third-order valence-electron chi connectivity index (χ3n) is 8.07. The van der Waals surface area contributed by atoms with Crippen LogP contribution >= 0.6 is 11.3 Å². The van der Waals surface area contributed by atoms with Gasteiger partial charge in [-0.25, -0.2) is 14.2 Å². The Morgan fingerprint density at radius 1 is 1.29 bits per heavy atom. The molecule has 0 bridgehead atoms. The highest BCUT2D eigenvalue weighted by molar-refractivity contribution is 7.11. The Labute approximate surface area is 243 Å². The molecule has 9 nitrogen and oxygen atoms in total. The summed E-state index contributed by atoms with van der Waals surface area (Å²) in [4.78, 5) is 37.0. The largest absolute Gasteiger partial charge is 0.481 e. The van der Waals surface area contributed by atoms with Gasteiger partial charge in [-0.3, -0.25) is 14.7 Å². The van der Waals surface area contributed by atoms with Crippen LogP contribution in [0, 0.1) is 11.2 Å². The molecule has 1 saturated heterocycles. The predicted octanol–water partition coefficient (Wildman–Crippen LogP) is 4.66. The normalized spacial score (nSPS) is 22.1. The average molecular weight is 585 g/mol. The van der Waals surface area contributed by atoms with Crippen molar-refractivity contribution in [2.75, 3.05) is 32.8 Å². The van der Waals surface area contributed by atoms with E-state index in [9.17, 15) is 19.1 Å². The lowest BCUT2D eigenvalue weighted by Gasteiger charge is -2.37. The van der Waals surface area contributed by atoms with Crippen molar-refractivity contribution in [2.24, 2.45) is 10.4 Å². The number of hydrogen-bond acceptors (Lipinski definition) is 9. The standard InChI is InChI=1S/C30H37FN4O5S/c1-4-39-28(36)24-23(17-35-11-12-40-20(16-35)15-30(2,3)29(37)38)33-26(27-32-10-13-41-27)34-25(24)21-9-8-19(31)14-22(21)18-6-5-7-18/h8-10,13-14,18,20,25H,4-7,11-12,15-17H2,1-3H3,(H,33,34)(H,37,38)/t20?,25-/m0/s1. The molecule has 3 aliphatic rings. The van der Waals surface area contributed by atoms with Crippen molar-refractivity contribution >= 4 is 29.1 Å². The van der Waals surface area contributed by atoms with Gasteiger partial charge in [-0.15, -0.1) is 11.3 Å². The summed E-state index contributed by atoms with van der Waals surface area (Å²) in [7, 11) is 0. The van der Waals surface area contributed by atoms with Crippen LogP contribution < -0.4 is 5.32 Å². The molecule has 1 unspecified atom stereocenters. The van der Waals surface area contributed by atoms with E-state index in [1.165, 1.54) is 17.4 Å². The lowest BCUT2D eigenvalue weighted by molar-refractivity contribution is -0.150. The Bertz CT molecular complexity index is 1340. The molecular weight excluding hydrogens is 547 g/mol. The van der Waals surface area contributed by atoms with Gasteiger partial charge in [0.2, 0.25) is 0 Å². The Morgan fingerprint density at radius 2 is 2.10 bits per heavy atom. The Kier molecular flexibility index (Phi) is 8.86. The maximum absolute atomic E-state index is 14.5. The van der Waals surface area contributed by atoms with Crippen LogP contribution in [-0.2, 0) is 19.1 Å². The second kappa shape index (κ2) is 12.4. The van der Waals surface area contributed by atoms with Crippen LogP contribution in [0.4, 0.5) is 4.39 Å². The topological polar surface area (TPSA) is 113 Å². The molecule has 11 heteroatoms. The number of carbonyl (C=O) groups excluding carboxylic acids is 1. The van der Waals surface area contributed by atoms with E-state index in [0.717, 1.165) is 30.4 Å². The summed E-state index contributed by atoms with van der Waals surface area (Å²) >= 11 is 1.44. The van der Waals surface area contributed by atoms with Crippen molar-refractivity contribution < 1.29 is 28.6 Å². The van der Waals surface area contributed by atoms with E-state index in [-0.39, 0.29) is 24.4 Å². The minimum atomic E-state index is -0.928. The van der Waals surface area contributed by atoms with Crippen molar-refractivity contribution in [2.45, 2.75) is 64.5 Å². The molecule has 1 aromatic heterocycles. The molecule has 41 heavy (non-hydrogen) atoms. The number of aliphatic imine (C=N–C) groups is 1. The molecule has 1 aromatic carbocycles. The number of rotatable bonds is 10. The van der Waals surface area contributed by atoms with Crippen molar-refractivity contribution in [3.05, 3.63) is 63.0 Å². The highest BCUT2D eigenvalue weighted by Gasteiger charge is 2.38. The third kappa shape index (κ3) is 6.52. The van der Waals surface area contributed by atoms with Crippen LogP contribution in [0.2, 0.25) is 0 Å². The number of esters is 1. The van der Waals surface area contributed by atoms with E-state index in [2.05, 4.69) is 15.2 Å². The van der Waals surface area contributed by atoms with Gasteiger partial charge in [0.25, 0.3) is 0 Å². The fourth-order valence-electron chi connectivity index (χ4n) is 5.64. The van der Waals surface area contributed by atoms with Crippen molar-refractivity contribution in [1.82, 2.24) is 15.2 Å². The first-order valence-electron chi connectivity index (χ1n) is 14.2. The summed E-state index contributed by atoms with van der Waals surface area (Å²) in [5, 5.41) is 15.6. The number of nitrogens with one attached hydrogen (secondary N) is 1. The minimum absolute atomic E-state index is 0.203. The quantitative estimate of drug-likeness (QED) is 0.388. The molecule has 1 aliphatic carbocycles. The molecule has 0 spiro atoms. The SMILES string of the molecule is CCOC(=O)C1=C(CN2CCOC(CC(C)(C)C(=O)O)C2)NC(c2nccs2)=N[C@H]1c1ccc(F)cc1C1CCC1. The lowest BCUT2D eigenvalue weighted by atomic mass is 9.76. The zero-order valence-electron chi connectivity index (χ0n) is 23.7. The van der Waals surface area contributed by atoms with E-state index in [0.29, 0.717) is 54.8 Å². The Morgan fingerprint density at radius 3 is 2.76 bits per heavy atom. The Hall–Kier alpha value is -3.15. The van der Waals surface area contributed by atoms with Crippen LogP contribution in [0.5, 0.6) is 0 Å². The zero-order valence-corrected chi connectivity index (χ0v) is 24.5. The number of thiazole rings is 1. The number of nitrogens with zero attached hydrogens (tertiary/aromatic N) is 3. The van der Waals surface area contributed by atoms with Crippen molar-refractivity contribution in [1.29, 1.82) is 0 Å². The second-order valence-electron chi connectivity index (χ2n) is 11.5. The first-order valence-corrected chi connectivity index (χ1v) is 15.1. The fraction of sp³-hybridized carbons (Fsp3) is 0.533. The number of morpholine rings is 1. The fourth-order valence-corrected chi connectivity index (χ4v) is 6.23. The average Bonchev–Trinajstić information content (AvgIpc) is 3.43. The molecule has 2 N–H and O–H groups in total. The molecule has 3 heterocycles. The van der Waals surface area contributed by atoms with Gasteiger partial charge in [0.15, 0.2) is 10.8 Å². The van der Waals surface area contributed by atoms with Crippen molar-refractivity contribution in [3.63, 3.8) is 0 Å². The molecule has 2 fully saturated rings. The first-order chi connectivity index (χ1) is 19.7. The summed E-state index contributed by atoms with van der Waals surface area (Å²) in [6.07, 6.45) is 4.83. The summed E-state index contributed by atoms with van der Waals surface area (Å²) < 4.78 is 26.0. The highest BCUT2D eigenvalue weighted by atomic mass is 32.1. The summed E-state index contributed by atoms with van der Waals surface area (Å²) in [6, 6.07) is 4.07. The van der Waals surface area contributed by atoms with Crippen LogP contribution in [0.15, 0.2) is 46.0 Å². The number of halogens is 1. The van der Waals surface area contributed by atoms with Gasteiger partial charge in [0.1, 0.15) is 11.9 Å². The molecular formula is C30H37FN4O5S. The zero-order chi connectivity index (χ0) is 29.1. The first kappa shape index (κ1) is 29.3. The maximum atomic E-state index is 14.5. The highest BCUT2D eigenvalue weighted by Crippen LogP contribution is 2.43. The number of benzene rings is 1. The molecule has 5 rings (SSSR count).